The van der Waals surface area contributed by atoms with E-state index in [1.54, 1.807) is 24.5 Å². The zero-order chi connectivity index (χ0) is 26.9. The number of alkyl halides is 1. The summed E-state index contributed by atoms with van der Waals surface area (Å²) in [6.45, 7) is 1.73. The summed E-state index contributed by atoms with van der Waals surface area (Å²) >= 11 is 0. The molecule has 3 heterocycles. The number of likely N-dealkylation sites (tertiary alicyclic amines) is 1. The molecule has 8 heteroatoms. The Balaban J connectivity index is 1.22. The van der Waals surface area contributed by atoms with Crippen LogP contribution in [0.15, 0.2) is 54.9 Å². The van der Waals surface area contributed by atoms with Gasteiger partial charge in [0.1, 0.15) is 18.2 Å². The number of benzene rings is 2. The summed E-state index contributed by atoms with van der Waals surface area (Å²) < 4.78 is 20.2. The molecule has 2 fully saturated rings. The van der Waals surface area contributed by atoms with Gasteiger partial charge in [0, 0.05) is 29.7 Å². The minimum Gasteiger partial charge on any atom is -0.457 e. The Morgan fingerprint density at radius 3 is 2.85 bits per heavy atom. The van der Waals surface area contributed by atoms with Crippen molar-refractivity contribution in [2.75, 3.05) is 33.4 Å². The van der Waals surface area contributed by atoms with Gasteiger partial charge < -0.3 is 15.0 Å². The summed E-state index contributed by atoms with van der Waals surface area (Å²) in [5.41, 5.74) is 3.33. The SMILES string of the molecule is CN1CCC(C[C@@H]2C[C@@H]2c2cc3nccc(Oc4ccc5c(ccn5C(=O)NCCF)c4)c3cc2C#N)CC1. The predicted molar refractivity (Wildman–Crippen MR) is 149 cm³/mol. The number of rotatable bonds is 7. The maximum absolute atomic E-state index is 12.4. The van der Waals surface area contributed by atoms with Crippen LogP contribution in [-0.2, 0) is 0 Å². The summed E-state index contributed by atoms with van der Waals surface area (Å²) in [5.74, 6) is 3.12. The maximum Gasteiger partial charge on any atom is 0.326 e. The van der Waals surface area contributed by atoms with E-state index in [9.17, 15) is 14.4 Å². The first-order chi connectivity index (χ1) is 19.0. The highest BCUT2D eigenvalue weighted by atomic mass is 19.1. The first-order valence-corrected chi connectivity index (χ1v) is 13.7. The second kappa shape index (κ2) is 10.7. The number of fused-ring (bicyclic) bond motifs is 2. The quantitative estimate of drug-likeness (QED) is 0.310. The molecule has 2 aromatic heterocycles. The van der Waals surface area contributed by atoms with Gasteiger partial charge in [0.25, 0.3) is 0 Å². The average Bonchev–Trinajstić information content (AvgIpc) is 3.59. The summed E-state index contributed by atoms with van der Waals surface area (Å²) in [7, 11) is 2.20. The Morgan fingerprint density at radius 2 is 2.05 bits per heavy atom. The number of hydrogen-bond acceptors (Lipinski definition) is 5. The Hall–Kier alpha value is -3.96. The molecule has 2 aromatic carbocycles. The number of hydrogen-bond donors (Lipinski definition) is 1. The number of piperidine rings is 1. The van der Waals surface area contributed by atoms with Crippen LogP contribution in [0.5, 0.6) is 11.5 Å². The fourth-order valence-electron chi connectivity index (χ4n) is 6.02. The molecular formula is C31H32FN5O2. The van der Waals surface area contributed by atoms with Gasteiger partial charge in [-0.25, -0.2) is 9.18 Å². The Labute approximate surface area is 227 Å². The fraction of sp³-hybridized carbons (Fsp3) is 0.387. The monoisotopic (exact) mass is 525 g/mol. The Kier molecular flexibility index (Phi) is 6.92. The summed E-state index contributed by atoms with van der Waals surface area (Å²) in [6, 6.07) is 15.1. The summed E-state index contributed by atoms with van der Waals surface area (Å²) in [6.07, 6.45) is 8.33. The Bertz CT molecular complexity index is 1570. The van der Waals surface area contributed by atoms with Gasteiger partial charge in [-0.15, -0.1) is 0 Å². The van der Waals surface area contributed by atoms with Crippen LogP contribution in [0.25, 0.3) is 21.8 Å². The van der Waals surface area contributed by atoms with Gasteiger partial charge in [0.15, 0.2) is 0 Å². The number of ether oxygens (including phenoxy) is 1. The van der Waals surface area contributed by atoms with Crippen molar-refractivity contribution in [1.29, 1.82) is 5.26 Å². The molecule has 1 saturated carbocycles. The van der Waals surface area contributed by atoms with Crippen molar-refractivity contribution in [2.45, 2.75) is 31.6 Å². The van der Waals surface area contributed by atoms with E-state index in [2.05, 4.69) is 34.4 Å². The van der Waals surface area contributed by atoms with Crippen molar-refractivity contribution >= 4 is 27.8 Å². The number of nitriles is 1. The van der Waals surface area contributed by atoms with Crippen LogP contribution in [0.2, 0.25) is 0 Å². The van der Waals surface area contributed by atoms with Crippen LogP contribution in [-0.4, -0.2) is 53.8 Å². The lowest BCUT2D eigenvalue weighted by Gasteiger charge is -2.29. The Morgan fingerprint density at radius 1 is 1.21 bits per heavy atom. The number of aromatic nitrogens is 2. The van der Waals surface area contributed by atoms with Gasteiger partial charge >= 0.3 is 6.03 Å². The normalized spacial score (nSPS) is 19.7. The lowest BCUT2D eigenvalue weighted by molar-refractivity contribution is 0.207. The van der Waals surface area contributed by atoms with E-state index in [0.29, 0.717) is 34.4 Å². The molecule has 1 amide bonds. The topological polar surface area (TPSA) is 83.2 Å². The molecule has 4 aromatic rings. The number of carbonyl (C=O) groups is 1. The first-order valence-electron chi connectivity index (χ1n) is 13.7. The van der Waals surface area contributed by atoms with Crippen LogP contribution in [0.1, 0.15) is 42.7 Å². The van der Waals surface area contributed by atoms with E-state index in [1.165, 1.54) is 36.9 Å². The molecule has 0 radical (unpaired) electrons. The second-order valence-corrected chi connectivity index (χ2v) is 10.9. The van der Waals surface area contributed by atoms with Gasteiger partial charge in [-0.3, -0.25) is 9.55 Å². The van der Waals surface area contributed by atoms with Crippen LogP contribution < -0.4 is 10.1 Å². The zero-order valence-electron chi connectivity index (χ0n) is 22.1. The molecule has 2 aliphatic rings. The lowest BCUT2D eigenvalue weighted by Crippen LogP contribution is -2.30. The smallest absolute Gasteiger partial charge is 0.326 e. The molecule has 1 N–H and O–H groups in total. The largest absolute Gasteiger partial charge is 0.457 e. The number of nitrogens with zero attached hydrogens (tertiary/aromatic N) is 4. The van der Waals surface area contributed by atoms with Crippen molar-refractivity contribution in [3.8, 4) is 17.6 Å². The minimum absolute atomic E-state index is 0.0268. The maximum atomic E-state index is 12.4. The number of pyridine rings is 1. The highest BCUT2D eigenvalue weighted by Crippen LogP contribution is 2.53. The van der Waals surface area contributed by atoms with Gasteiger partial charge in [0.05, 0.1) is 22.7 Å². The predicted octanol–water partition coefficient (Wildman–Crippen LogP) is 6.22. The molecule has 0 spiro atoms. The van der Waals surface area contributed by atoms with Crippen LogP contribution in [0, 0.1) is 23.2 Å². The zero-order valence-corrected chi connectivity index (χ0v) is 22.1. The summed E-state index contributed by atoms with van der Waals surface area (Å²) in [4.78, 5) is 19.3. The molecule has 6 rings (SSSR count). The van der Waals surface area contributed by atoms with E-state index >= 15 is 0 Å². The van der Waals surface area contributed by atoms with Crippen molar-refractivity contribution in [2.24, 2.45) is 11.8 Å². The third-order valence-electron chi connectivity index (χ3n) is 8.27. The van der Waals surface area contributed by atoms with E-state index in [0.717, 1.165) is 34.2 Å². The van der Waals surface area contributed by atoms with E-state index < -0.39 is 6.67 Å². The first kappa shape index (κ1) is 25.3. The highest BCUT2D eigenvalue weighted by molar-refractivity contribution is 5.92. The standard InChI is InChI=1S/C31H32FN5O2/c1-36-11-5-20(6-12-36)14-22-16-25(22)26-18-28-27(17-23(26)19-33)30(4-9-34-28)39-24-2-3-29-21(15-24)7-13-37(29)31(38)35-10-8-32/h2-4,7,9,13,15,17-18,20,22,25H,5-6,8,10-12,14,16H2,1H3,(H,35,38)/t22-,25+/m1/s1. The molecule has 1 saturated heterocycles. The van der Waals surface area contributed by atoms with Crippen LogP contribution >= 0.6 is 0 Å². The van der Waals surface area contributed by atoms with Gasteiger partial charge in [-0.05, 0) is 112 Å². The second-order valence-electron chi connectivity index (χ2n) is 10.9. The fourth-order valence-corrected chi connectivity index (χ4v) is 6.02. The van der Waals surface area contributed by atoms with Gasteiger partial charge in [0.2, 0.25) is 0 Å². The number of halogens is 1. The molecule has 0 unspecified atom stereocenters. The van der Waals surface area contributed by atoms with Gasteiger partial charge in [-0.1, -0.05) is 0 Å². The van der Waals surface area contributed by atoms with Crippen molar-refractivity contribution in [3.63, 3.8) is 0 Å². The molecular weight excluding hydrogens is 493 g/mol. The molecule has 200 valence electrons. The van der Waals surface area contributed by atoms with Crippen molar-refractivity contribution in [3.05, 3.63) is 66.0 Å². The van der Waals surface area contributed by atoms with Crippen LogP contribution in [0.3, 0.4) is 0 Å². The number of nitrogens with one attached hydrogen (secondary N) is 1. The van der Waals surface area contributed by atoms with Crippen molar-refractivity contribution in [1.82, 2.24) is 19.8 Å². The van der Waals surface area contributed by atoms with E-state index in [-0.39, 0.29) is 12.6 Å². The molecule has 7 nitrogen and oxygen atoms in total. The molecule has 2 atom stereocenters. The van der Waals surface area contributed by atoms with E-state index in [4.69, 9.17) is 4.74 Å². The number of amides is 1. The summed E-state index contributed by atoms with van der Waals surface area (Å²) in [5, 5.41) is 14.2. The van der Waals surface area contributed by atoms with E-state index in [1.807, 2.05) is 24.3 Å². The molecule has 1 aliphatic carbocycles. The molecule has 1 aliphatic heterocycles. The third-order valence-corrected chi connectivity index (χ3v) is 8.27. The molecule has 0 bridgehead atoms. The van der Waals surface area contributed by atoms with Crippen molar-refractivity contribution < 1.29 is 13.9 Å². The average molecular weight is 526 g/mol. The number of carbonyl (C=O) groups excluding carboxylic acids is 1. The van der Waals surface area contributed by atoms with Gasteiger partial charge in [-0.2, -0.15) is 5.26 Å². The lowest BCUT2D eigenvalue weighted by atomic mass is 9.90. The minimum atomic E-state index is -0.614. The van der Waals surface area contributed by atoms with Crippen LogP contribution in [0.4, 0.5) is 9.18 Å². The highest BCUT2D eigenvalue weighted by Gasteiger charge is 2.41. The molecule has 39 heavy (non-hydrogen) atoms. The third kappa shape index (κ3) is 5.19.